The third-order valence-corrected chi connectivity index (χ3v) is 5.17. The first kappa shape index (κ1) is 15.1. The lowest BCUT2D eigenvalue weighted by Gasteiger charge is -2.43. The van der Waals surface area contributed by atoms with Crippen LogP contribution in [-0.2, 0) is 0 Å². The van der Waals surface area contributed by atoms with Crippen molar-refractivity contribution in [3.63, 3.8) is 0 Å². The molecule has 1 fully saturated rings. The Labute approximate surface area is 126 Å². The molecule has 1 aliphatic carbocycles. The second-order valence-electron chi connectivity index (χ2n) is 6.43. The average Bonchev–Trinajstić information content (AvgIpc) is 2.37. The van der Waals surface area contributed by atoms with E-state index in [-0.39, 0.29) is 0 Å². The van der Waals surface area contributed by atoms with Crippen molar-refractivity contribution in [2.75, 3.05) is 6.54 Å². The molecular weight excluding hydrogens is 298 g/mol. The largest absolute Gasteiger partial charge is 0.310 e. The minimum Gasteiger partial charge on any atom is -0.310 e. The van der Waals surface area contributed by atoms with E-state index >= 15 is 0 Å². The monoisotopic (exact) mass is 323 g/mol. The third-order valence-electron chi connectivity index (χ3n) is 4.65. The molecule has 2 unspecified atom stereocenters. The number of hydrogen-bond acceptors (Lipinski definition) is 1. The first-order valence-electron chi connectivity index (χ1n) is 7.53. The summed E-state index contributed by atoms with van der Waals surface area (Å²) >= 11 is 3.53. The van der Waals surface area contributed by atoms with Gasteiger partial charge in [-0.1, -0.05) is 61.7 Å². The van der Waals surface area contributed by atoms with Crippen molar-refractivity contribution < 1.29 is 0 Å². The van der Waals surface area contributed by atoms with Gasteiger partial charge in [0, 0.05) is 10.5 Å². The maximum Gasteiger partial charge on any atom is 0.0353 e. The zero-order valence-electron chi connectivity index (χ0n) is 12.4. The number of rotatable bonds is 4. The lowest BCUT2D eigenvalue weighted by molar-refractivity contribution is 0.0988. The molecule has 0 bridgehead atoms. The van der Waals surface area contributed by atoms with Crippen LogP contribution in [0.2, 0.25) is 0 Å². The molecule has 0 spiro atoms. The Morgan fingerprint density at radius 1 is 1.26 bits per heavy atom. The smallest absolute Gasteiger partial charge is 0.0353 e. The van der Waals surface area contributed by atoms with Gasteiger partial charge in [-0.05, 0) is 48.4 Å². The van der Waals surface area contributed by atoms with E-state index in [9.17, 15) is 0 Å². The summed E-state index contributed by atoms with van der Waals surface area (Å²) in [5.74, 6) is 0.738. The van der Waals surface area contributed by atoms with E-state index in [0.717, 1.165) is 16.9 Å². The summed E-state index contributed by atoms with van der Waals surface area (Å²) in [6.45, 7) is 8.13. The summed E-state index contributed by atoms with van der Waals surface area (Å²) in [6, 6.07) is 9.35. The van der Waals surface area contributed by atoms with Crippen LogP contribution in [0.1, 0.15) is 58.1 Å². The van der Waals surface area contributed by atoms with Crippen LogP contribution in [0.3, 0.4) is 0 Å². The molecule has 1 aliphatic rings. The highest BCUT2D eigenvalue weighted by Crippen LogP contribution is 2.46. The molecule has 19 heavy (non-hydrogen) atoms. The fourth-order valence-corrected chi connectivity index (χ4v) is 3.79. The number of hydrogen-bond donors (Lipinski definition) is 1. The van der Waals surface area contributed by atoms with Crippen LogP contribution in [0.25, 0.3) is 0 Å². The van der Waals surface area contributed by atoms with Gasteiger partial charge in [0.2, 0.25) is 0 Å². The predicted molar refractivity (Wildman–Crippen MR) is 86.3 cm³/mol. The van der Waals surface area contributed by atoms with Gasteiger partial charge in [0.1, 0.15) is 0 Å². The highest BCUT2D eigenvalue weighted by Gasteiger charge is 2.37. The van der Waals surface area contributed by atoms with Gasteiger partial charge in [0.15, 0.2) is 0 Å². The molecule has 2 atom stereocenters. The fourth-order valence-electron chi connectivity index (χ4n) is 3.52. The van der Waals surface area contributed by atoms with Crippen LogP contribution in [0.4, 0.5) is 0 Å². The molecule has 1 nitrogen and oxygen atoms in total. The van der Waals surface area contributed by atoms with Gasteiger partial charge in [-0.3, -0.25) is 0 Å². The Bertz CT molecular complexity index is 396. The van der Waals surface area contributed by atoms with Crippen LogP contribution < -0.4 is 5.32 Å². The van der Waals surface area contributed by atoms with Crippen molar-refractivity contribution >= 4 is 15.9 Å². The van der Waals surface area contributed by atoms with Crippen molar-refractivity contribution in [2.45, 2.75) is 52.5 Å². The molecule has 0 aromatic heterocycles. The summed E-state index contributed by atoms with van der Waals surface area (Å²) in [6.07, 6.45) is 5.48. The van der Waals surface area contributed by atoms with E-state index in [1.54, 1.807) is 0 Å². The van der Waals surface area contributed by atoms with Gasteiger partial charge in [-0.25, -0.2) is 0 Å². The summed E-state index contributed by atoms with van der Waals surface area (Å²) in [7, 11) is 0. The van der Waals surface area contributed by atoms with E-state index in [1.165, 1.54) is 31.2 Å². The SMILES string of the molecule is CCNC(c1ccc(Br)cc1)C1CCCCC1(C)C. The fraction of sp³-hybridized carbons (Fsp3) is 0.647. The maximum atomic E-state index is 3.73. The van der Waals surface area contributed by atoms with Crippen molar-refractivity contribution in [1.29, 1.82) is 0 Å². The van der Waals surface area contributed by atoms with Crippen molar-refractivity contribution in [1.82, 2.24) is 5.32 Å². The number of nitrogens with one attached hydrogen (secondary N) is 1. The van der Waals surface area contributed by atoms with Gasteiger partial charge in [-0.15, -0.1) is 0 Å². The molecule has 1 aromatic rings. The molecule has 106 valence electrons. The van der Waals surface area contributed by atoms with Crippen molar-refractivity contribution in [2.24, 2.45) is 11.3 Å². The van der Waals surface area contributed by atoms with E-state index in [0.29, 0.717) is 11.5 Å². The Balaban J connectivity index is 2.26. The minimum absolute atomic E-state index is 0.443. The summed E-state index contributed by atoms with van der Waals surface area (Å²) in [5.41, 5.74) is 1.88. The Morgan fingerprint density at radius 2 is 1.95 bits per heavy atom. The average molecular weight is 324 g/mol. The lowest BCUT2D eigenvalue weighted by Crippen LogP contribution is -2.39. The van der Waals surface area contributed by atoms with Gasteiger partial charge in [-0.2, -0.15) is 0 Å². The summed E-state index contributed by atoms with van der Waals surface area (Å²) in [4.78, 5) is 0. The maximum absolute atomic E-state index is 3.73. The molecule has 2 rings (SSSR count). The molecular formula is C17H26BrN. The van der Waals surface area contributed by atoms with Crippen LogP contribution in [0.5, 0.6) is 0 Å². The van der Waals surface area contributed by atoms with Crippen LogP contribution in [0, 0.1) is 11.3 Å². The standard InChI is InChI=1S/C17H26BrN/c1-4-19-16(13-8-10-14(18)11-9-13)15-7-5-6-12-17(15,2)3/h8-11,15-16,19H,4-7,12H2,1-3H3. The molecule has 0 saturated heterocycles. The number of halogens is 1. The zero-order chi connectivity index (χ0) is 13.9. The topological polar surface area (TPSA) is 12.0 Å². The molecule has 0 amide bonds. The molecule has 1 aromatic carbocycles. The molecule has 1 saturated carbocycles. The molecule has 0 aliphatic heterocycles. The van der Waals surface area contributed by atoms with E-state index in [4.69, 9.17) is 0 Å². The summed E-state index contributed by atoms with van der Waals surface area (Å²) in [5, 5.41) is 3.73. The van der Waals surface area contributed by atoms with Crippen LogP contribution >= 0.6 is 15.9 Å². The molecule has 0 heterocycles. The number of benzene rings is 1. The Morgan fingerprint density at radius 3 is 2.53 bits per heavy atom. The minimum atomic E-state index is 0.443. The van der Waals surface area contributed by atoms with E-state index in [1.807, 2.05) is 0 Å². The Kier molecular flexibility index (Phi) is 5.08. The quantitative estimate of drug-likeness (QED) is 0.791. The first-order chi connectivity index (χ1) is 9.04. The van der Waals surface area contributed by atoms with Gasteiger partial charge in [0.25, 0.3) is 0 Å². The van der Waals surface area contributed by atoms with E-state index < -0.39 is 0 Å². The third kappa shape index (κ3) is 3.61. The summed E-state index contributed by atoms with van der Waals surface area (Å²) < 4.78 is 1.16. The molecule has 0 radical (unpaired) electrons. The highest BCUT2D eigenvalue weighted by atomic mass is 79.9. The lowest BCUT2D eigenvalue weighted by atomic mass is 9.65. The van der Waals surface area contributed by atoms with E-state index in [2.05, 4.69) is 66.3 Å². The van der Waals surface area contributed by atoms with Gasteiger partial charge in [0.05, 0.1) is 0 Å². The zero-order valence-corrected chi connectivity index (χ0v) is 14.0. The van der Waals surface area contributed by atoms with Gasteiger partial charge < -0.3 is 5.32 Å². The normalized spacial score (nSPS) is 24.1. The second-order valence-corrected chi connectivity index (χ2v) is 7.34. The molecule has 1 N–H and O–H groups in total. The second kappa shape index (κ2) is 6.41. The first-order valence-corrected chi connectivity index (χ1v) is 8.33. The molecule has 2 heteroatoms. The predicted octanol–water partition coefficient (Wildman–Crippen LogP) is 5.32. The van der Waals surface area contributed by atoms with Gasteiger partial charge >= 0.3 is 0 Å². The van der Waals surface area contributed by atoms with Crippen molar-refractivity contribution in [3.05, 3.63) is 34.3 Å². The highest BCUT2D eigenvalue weighted by molar-refractivity contribution is 9.10. The van der Waals surface area contributed by atoms with Crippen molar-refractivity contribution in [3.8, 4) is 0 Å². The Hall–Kier alpha value is -0.340. The van der Waals surface area contributed by atoms with Crippen LogP contribution in [-0.4, -0.2) is 6.54 Å². The van der Waals surface area contributed by atoms with Crippen LogP contribution in [0.15, 0.2) is 28.7 Å².